The molecule has 3 rings (SSSR count). The fourth-order valence-electron chi connectivity index (χ4n) is 3.82. The van der Waals surface area contributed by atoms with Crippen molar-refractivity contribution in [1.82, 2.24) is 0 Å². The van der Waals surface area contributed by atoms with Gasteiger partial charge in [0.15, 0.2) is 0 Å². The number of alkyl halides is 7. The molecule has 204 valence electrons. The number of hydrogen-bond donors (Lipinski definition) is 2. The number of carbonyl (C=O) groups is 2. The summed E-state index contributed by atoms with van der Waals surface area (Å²) in [4.78, 5) is 25.4. The zero-order valence-electron chi connectivity index (χ0n) is 20.0. The predicted molar refractivity (Wildman–Crippen MR) is 124 cm³/mol. The van der Waals surface area contributed by atoms with E-state index in [1.54, 1.807) is 0 Å². The monoisotopic (exact) mass is 555 g/mol. The van der Waals surface area contributed by atoms with Crippen LogP contribution in [0, 0.1) is 31.0 Å². The van der Waals surface area contributed by atoms with Crippen molar-refractivity contribution in [3.05, 3.63) is 93.8 Å². The first-order valence-corrected chi connectivity index (χ1v) is 10.9. The molecule has 0 saturated heterocycles. The summed E-state index contributed by atoms with van der Waals surface area (Å²) in [6.45, 7) is 2.09. The Morgan fingerprint density at radius 1 is 0.769 bits per heavy atom. The number of nitrogens with zero attached hydrogens (tertiary/aromatic N) is 1. The molecule has 2 amide bonds. The summed E-state index contributed by atoms with van der Waals surface area (Å²) in [6.07, 6.45) is -12.6. The van der Waals surface area contributed by atoms with Crippen molar-refractivity contribution in [3.8, 4) is 6.07 Å². The predicted octanol–water partition coefficient (Wildman–Crippen LogP) is 7.11. The van der Waals surface area contributed by atoms with Gasteiger partial charge in [-0.2, -0.15) is 31.6 Å². The maximum Gasteiger partial charge on any atom is 0.435 e. The topological polar surface area (TPSA) is 82.0 Å². The molecule has 0 aliphatic carbocycles. The highest BCUT2D eigenvalue weighted by Crippen LogP contribution is 2.53. The van der Waals surface area contributed by atoms with E-state index in [0.717, 1.165) is 26.0 Å². The molecule has 0 unspecified atom stereocenters. The lowest BCUT2D eigenvalue weighted by Crippen LogP contribution is -2.50. The molecule has 3 aromatic rings. The van der Waals surface area contributed by atoms with Crippen molar-refractivity contribution in [3.63, 3.8) is 0 Å². The molecular weight excluding hydrogens is 538 g/mol. The number of aryl methyl sites for hydroxylation is 2. The molecule has 0 radical (unpaired) electrons. The molecule has 0 bridgehead atoms. The average Bonchev–Trinajstić information content (AvgIpc) is 2.82. The van der Waals surface area contributed by atoms with Crippen molar-refractivity contribution in [2.24, 2.45) is 0 Å². The summed E-state index contributed by atoms with van der Waals surface area (Å²) in [5, 5.41) is 14.2. The average molecular weight is 555 g/mol. The SMILES string of the molecule is Cc1cc(C(F)(C(F)(F)F)C(F)(F)F)cc(C)c1C(=O)Nc1ccc(C#N)c(NC(=O)c2ccc(F)cc2)c1. The number of hydrogen-bond acceptors (Lipinski definition) is 3. The van der Waals surface area contributed by atoms with E-state index in [1.165, 1.54) is 30.3 Å². The first-order valence-electron chi connectivity index (χ1n) is 10.9. The lowest BCUT2D eigenvalue weighted by molar-refractivity contribution is -0.348. The normalized spacial score (nSPS) is 12.0. The smallest absolute Gasteiger partial charge is 0.322 e. The number of rotatable bonds is 5. The van der Waals surface area contributed by atoms with Gasteiger partial charge in [-0.05, 0) is 67.4 Å². The maximum atomic E-state index is 14.5. The lowest BCUT2D eigenvalue weighted by Gasteiger charge is -2.31. The Labute approximate surface area is 216 Å². The van der Waals surface area contributed by atoms with E-state index in [0.29, 0.717) is 12.1 Å². The largest absolute Gasteiger partial charge is 0.435 e. The van der Waals surface area contributed by atoms with Gasteiger partial charge in [-0.1, -0.05) is 12.1 Å². The van der Waals surface area contributed by atoms with E-state index in [-0.39, 0.29) is 39.2 Å². The van der Waals surface area contributed by atoms with Gasteiger partial charge in [0.2, 0.25) is 0 Å². The van der Waals surface area contributed by atoms with Crippen molar-refractivity contribution in [2.45, 2.75) is 31.9 Å². The van der Waals surface area contributed by atoms with Crippen LogP contribution in [-0.2, 0) is 5.67 Å². The molecule has 2 N–H and O–H groups in total. The highest BCUT2D eigenvalue weighted by molar-refractivity contribution is 6.08. The number of amides is 2. The minimum Gasteiger partial charge on any atom is -0.322 e. The van der Waals surface area contributed by atoms with Crippen LogP contribution >= 0.6 is 0 Å². The van der Waals surface area contributed by atoms with Gasteiger partial charge >= 0.3 is 18.0 Å². The highest BCUT2D eigenvalue weighted by Gasteiger charge is 2.73. The Hall–Kier alpha value is -4.47. The van der Waals surface area contributed by atoms with Crippen LogP contribution in [0.1, 0.15) is 43.0 Å². The fraction of sp³-hybridized carbons (Fsp3) is 0.192. The standard InChI is InChI=1S/C26H17F8N3O2/c1-13-9-17(24(28,25(29,30)31)26(32,33)34)10-14(2)21(13)23(39)36-19-8-5-16(12-35)20(11-19)37-22(38)15-3-6-18(27)7-4-15/h3-11H,1-2H3,(H,36,39)(H,37,38). The van der Waals surface area contributed by atoms with Gasteiger partial charge in [-0.15, -0.1) is 0 Å². The second kappa shape index (κ2) is 10.4. The van der Waals surface area contributed by atoms with Crippen LogP contribution in [0.3, 0.4) is 0 Å². The molecule has 0 aliphatic rings. The highest BCUT2D eigenvalue weighted by atomic mass is 19.4. The Bertz CT molecular complexity index is 1440. The first kappa shape index (κ1) is 29.1. The molecule has 0 aliphatic heterocycles. The zero-order valence-corrected chi connectivity index (χ0v) is 20.0. The van der Waals surface area contributed by atoms with Crippen molar-refractivity contribution >= 4 is 23.2 Å². The third-order valence-corrected chi connectivity index (χ3v) is 5.69. The number of halogens is 8. The minimum atomic E-state index is -6.31. The van der Waals surface area contributed by atoms with Crippen molar-refractivity contribution in [1.29, 1.82) is 5.26 Å². The van der Waals surface area contributed by atoms with Crippen molar-refractivity contribution < 1.29 is 44.7 Å². The quantitative estimate of drug-likeness (QED) is 0.330. The third kappa shape index (κ3) is 5.69. The molecule has 0 aromatic heterocycles. The Morgan fingerprint density at radius 2 is 1.31 bits per heavy atom. The summed E-state index contributed by atoms with van der Waals surface area (Å²) >= 11 is 0. The molecule has 0 atom stereocenters. The molecule has 13 heteroatoms. The Kier molecular flexibility index (Phi) is 7.73. The molecule has 0 saturated carbocycles. The number of nitrogens with one attached hydrogen (secondary N) is 2. The minimum absolute atomic E-state index is 0.00158. The van der Waals surface area contributed by atoms with Gasteiger partial charge in [0, 0.05) is 22.4 Å². The van der Waals surface area contributed by atoms with Gasteiger partial charge in [0.25, 0.3) is 11.8 Å². The van der Waals surface area contributed by atoms with Crippen LogP contribution in [0.5, 0.6) is 0 Å². The molecule has 0 fully saturated rings. The summed E-state index contributed by atoms with van der Waals surface area (Å²) in [5.74, 6) is -2.25. The lowest BCUT2D eigenvalue weighted by atomic mass is 9.88. The van der Waals surface area contributed by atoms with E-state index in [2.05, 4.69) is 10.6 Å². The molecule has 5 nitrogen and oxygen atoms in total. The van der Waals surface area contributed by atoms with Gasteiger partial charge < -0.3 is 10.6 Å². The van der Waals surface area contributed by atoms with Crippen molar-refractivity contribution in [2.75, 3.05) is 10.6 Å². The number of anilines is 2. The molecule has 3 aromatic carbocycles. The second-order valence-corrected chi connectivity index (χ2v) is 8.43. The van der Waals surface area contributed by atoms with E-state index < -0.39 is 41.2 Å². The van der Waals surface area contributed by atoms with Crippen LogP contribution in [0.25, 0.3) is 0 Å². The zero-order chi connectivity index (χ0) is 29.3. The Morgan fingerprint density at radius 3 is 1.79 bits per heavy atom. The van der Waals surface area contributed by atoms with Crippen LogP contribution in [0.2, 0.25) is 0 Å². The van der Waals surface area contributed by atoms with E-state index in [1.807, 2.05) is 6.07 Å². The summed E-state index contributed by atoms with van der Waals surface area (Å²) in [6, 6.07) is 10.6. The van der Waals surface area contributed by atoms with E-state index in [4.69, 9.17) is 0 Å². The maximum absolute atomic E-state index is 14.5. The van der Waals surface area contributed by atoms with E-state index >= 15 is 0 Å². The van der Waals surface area contributed by atoms with Crippen LogP contribution in [0.15, 0.2) is 54.6 Å². The molecule has 0 heterocycles. The van der Waals surface area contributed by atoms with Gasteiger partial charge in [-0.3, -0.25) is 9.59 Å². The van der Waals surface area contributed by atoms with E-state index in [9.17, 15) is 50.0 Å². The summed E-state index contributed by atoms with van der Waals surface area (Å²) < 4.78 is 107. The van der Waals surface area contributed by atoms with Crippen LogP contribution in [-0.4, -0.2) is 24.2 Å². The molecular formula is C26H17F8N3O2. The first-order chi connectivity index (χ1) is 18.0. The number of nitriles is 1. The third-order valence-electron chi connectivity index (χ3n) is 5.69. The molecule has 0 spiro atoms. The van der Waals surface area contributed by atoms with Gasteiger partial charge in [0.1, 0.15) is 11.9 Å². The number of carbonyl (C=O) groups excluding carboxylic acids is 2. The van der Waals surface area contributed by atoms with Gasteiger partial charge in [0.05, 0.1) is 11.3 Å². The van der Waals surface area contributed by atoms with Crippen LogP contribution in [0.4, 0.5) is 46.5 Å². The second-order valence-electron chi connectivity index (χ2n) is 8.43. The fourth-order valence-corrected chi connectivity index (χ4v) is 3.82. The summed E-state index contributed by atoms with van der Waals surface area (Å²) in [5.41, 5.74) is -8.43. The van der Waals surface area contributed by atoms with Crippen LogP contribution < -0.4 is 10.6 Å². The summed E-state index contributed by atoms with van der Waals surface area (Å²) in [7, 11) is 0. The molecule has 39 heavy (non-hydrogen) atoms. The van der Waals surface area contributed by atoms with Gasteiger partial charge in [-0.25, -0.2) is 8.78 Å². The Balaban J connectivity index is 1.93. The number of benzene rings is 3.